The van der Waals surface area contributed by atoms with Gasteiger partial charge in [0.15, 0.2) is 5.65 Å². The van der Waals surface area contributed by atoms with E-state index in [1.165, 1.54) is 27.5 Å². The molecule has 1 N–H and O–H groups in total. The summed E-state index contributed by atoms with van der Waals surface area (Å²) < 4.78 is 4.67. The molecule has 6 heteroatoms. The number of fused-ring (bicyclic) bond motifs is 2. The van der Waals surface area contributed by atoms with Crippen LogP contribution < -0.4 is 10.2 Å². The first kappa shape index (κ1) is 17.9. The molecular weight excluding hydrogens is 388 g/mol. The molecule has 0 bridgehead atoms. The number of piperazine rings is 1. The number of nitrogens with zero attached hydrogens (tertiary/aromatic N) is 3. The SMILES string of the molecule is Cc1cc(-c2nc3nsc(N4CCNCC4C)c3cc2Cl)c2ccccc2c1. The highest BCUT2D eigenvalue weighted by molar-refractivity contribution is 7.11. The molecule has 0 saturated carbocycles. The summed E-state index contributed by atoms with van der Waals surface area (Å²) in [5, 5.41) is 8.68. The highest BCUT2D eigenvalue weighted by atomic mass is 35.5. The maximum absolute atomic E-state index is 6.78. The van der Waals surface area contributed by atoms with Gasteiger partial charge in [0.05, 0.1) is 16.1 Å². The summed E-state index contributed by atoms with van der Waals surface area (Å²) in [5.74, 6) is 0. The van der Waals surface area contributed by atoms with E-state index in [1.54, 1.807) is 0 Å². The number of rotatable bonds is 2. The average Bonchev–Trinajstić information content (AvgIpc) is 3.09. The van der Waals surface area contributed by atoms with Crippen LogP contribution in [0.2, 0.25) is 5.02 Å². The van der Waals surface area contributed by atoms with Gasteiger partial charge in [0, 0.05) is 31.2 Å². The van der Waals surface area contributed by atoms with E-state index in [2.05, 4.69) is 64.8 Å². The van der Waals surface area contributed by atoms with Crippen LogP contribution in [-0.4, -0.2) is 35.0 Å². The first-order valence-corrected chi connectivity index (χ1v) is 10.7. The van der Waals surface area contributed by atoms with Gasteiger partial charge in [-0.2, -0.15) is 4.37 Å². The van der Waals surface area contributed by atoms with Crippen LogP contribution in [0.1, 0.15) is 12.5 Å². The van der Waals surface area contributed by atoms with Gasteiger partial charge in [0.1, 0.15) is 5.00 Å². The number of halogens is 1. The zero-order valence-corrected chi connectivity index (χ0v) is 17.4. The summed E-state index contributed by atoms with van der Waals surface area (Å²) in [4.78, 5) is 7.31. The summed E-state index contributed by atoms with van der Waals surface area (Å²) in [6.07, 6.45) is 0. The van der Waals surface area contributed by atoms with Crippen LogP contribution in [0.15, 0.2) is 42.5 Å². The van der Waals surface area contributed by atoms with E-state index in [0.29, 0.717) is 11.1 Å². The average molecular weight is 409 g/mol. The second-order valence-corrected chi connectivity index (χ2v) is 8.62. The third kappa shape index (κ3) is 2.94. The molecule has 3 heterocycles. The molecule has 4 aromatic rings. The molecule has 5 rings (SSSR count). The van der Waals surface area contributed by atoms with Gasteiger partial charge in [-0.25, -0.2) is 4.98 Å². The minimum absolute atomic E-state index is 0.427. The Hall–Kier alpha value is -2.21. The van der Waals surface area contributed by atoms with Gasteiger partial charge in [-0.1, -0.05) is 41.9 Å². The topological polar surface area (TPSA) is 41.1 Å². The van der Waals surface area contributed by atoms with E-state index < -0.39 is 0 Å². The molecule has 2 aromatic carbocycles. The van der Waals surface area contributed by atoms with Crippen LogP contribution in [0.4, 0.5) is 5.00 Å². The zero-order valence-electron chi connectivity index (χ0n) is 15.9. The minimum Gasteiger partial charge on any atom is -0.356 e. The monoisotopic (exact) mass is 408 g/mol. The van der Waals surface area contributed by atoms with Crippen molar-refractivity contribution in [2.45, 2.75) is 19.9 Å². The van der Waals surface area contributed by atoms with Crippen LogP contribution in [0.25, 0.3) is 33.1 Å². The molecule has 1 saturated heterocycles. The zero-order chi connectivity index (χ0) is 19.3. The van der Waals surface area contributed by atoms with Gasteiger partial charge in [-0.15, -0.1) is 0 Å². The van der Waals surface area contributed by atoms with Crippen molar-refractivity contribution in [3.05, 3.63) is 53.1 Å². The molecule has 4 nitrogen and oxygen atoms in total. The Morgan fingerprint density at radius 1 is 1.18 bits per heavy atom. The van der Waals surface area contributed by atoms with E-state index in [1.807, 2.05) is 6.07 Å². The molecule has 0 spiro atoms. The Balaban J connectivity index is 1.68. The van der Waals surface area contributed by atoms with E-state index in [9.17, 15) is 0 Å². The molecule has 1 unspecified atom stereocenters. The lowest BCUT2D eigenvalue weighted by Gasteiger charge is -2.34. The second kappa shape index (κ2) is 6.99. The van der Waals surface area contributed by atoms with Crippen molar-refractivity contribution in [1.29, 1.82) is 0 Å². The van der Waals surface area contributed by atoms with Crippen molar-refractivity contribution in [2.75, 3.05) is 24.5 Å². The predicted molar refractivity (Wildman–Crippen MR) is 120 cm³/mol. The van der Waals surface area contributed by atoms with Gasteiger partial charge in [0.2, 0.25) is 0 Å². The van der Waals surface area contributed by atoms with E-state index in [4.69, 9.17) is 16.6 Å². The Morgan fingerprint density at radius 2 is 2.04 bits per heavy atom. The van der Waals surface area contributed by atoms with Gasteiger partial charge >= 0.3 is 0 Å². The fourth-order valence-electron chi connectivity index (χ4n) is 4.04. The fourth-order valence-corrected chi connectivity index (χ4v) is 5.23. The Morgan fingerprint density at radius 3 is 2.89 bits per heavy atom. The Bertz CT molecular complexity index is 1190. The van der Waals surface area contributed by atoms with Crippen molar-refractivity contribution in [2.24, 2.45) is 0 Å². The second-order valence-electron chi connectivity index (χ2n) is 7.46. The molecule has 1 fully saturated rings. The standard InChI is InChI=1S/C22H21ClN4S/c1-13-9-15-5-3-4-6-16(15)17(10-13)20-19(23)11-18-21(25-20)26-28-22(18)27-8-7-24-12-14(27)2/h3-6,9-11,14,24H,7-8,12H2,1-2H3. The summed E-state index contributed by atoms with van der Waals surface area (Å²) >= 11 is 8.30. The van der Waals surface area contributed by atoms with Gasteiger partial charge in [-0.05, 0) is 53.8 Å². The van der Waals surface area contributed by atoms with E-state index in [-0.39, 0.29) is 0 Å². The molecule has 28 heavy (non-hydrogen) atoms. The number of hydrogen-bond acceptors (Lipinski definition) is 5. The van der Waals surface area contributed by atoms with Gasteiger partial charge in [-0.3, -0.25) is 0 Å². The van der Waals surface area contributed by atoms with Crippen LogP contribution in [0.3, 0.4) is 0 Å². The van der Waals surface area contributed by atoms with Crippen molar-refractivity contribution < 1.29 is 0 Å². The lowest BCUT2D eigenvalue weighted by atomic mass is 9.98. The predicted octanol–water partition coefficient (Wildman–Crippen LogP) is 5.27. The lowest BCUT2D eigenvalue weighted by molar-refractivity contribution is 0.504. The Kier molecular flexibility index (Phi) is 4.46. The van der Waals surface area contributed by atoms with Crippen LogP contribution >= 0.6 is 23.1 Å². The van der Waals surface area contributed by atoms with Crippen molar-refractivity contribution in [3.63, 3.8) is 0 Å². The maximum Gasteiger partial charge on any atom is 0.175 e. The number of aryl methyl sites for hydroxylation is 1. The number of aromatic nitrogens is 2. The normalized spacial score (nSPS) is 17.5. The van der Waals surface area contributed by atoms with Crippen LogP contribution in [0.5, 0.6) is 0 Å². The van der Waals surface area contributed by atoms with Crippen molar-refractivity contribution in [1.82, 2.24) is 14.7 Å². The number of anilines is 1. The van der Waals surface area contributed by atoms with Crippen LogP contribution in [-0.2, 0) is 0 Å². The molecule has 1 aliphatic heterocycles. The first-order chi connectivity index (χ1) is 13.6. The molecular formula is C22H21ClN4S. The minimum atomic E-state index is 0.427. The lowest BCUT2D eigenvalue weighted by Crippen LogP contribution is -2.49. The van der Waals surface area contributed by atoms with Crippen LogP contribution in [0, 0.1) is 6.92 Å². The number of nitrogens with one attached hydrogen (secondary N) is 1. The third-order valence-corrected chi connectivity index (χ3v) is 6.61. The summed E-state index contributed by atoms with van der Waals surface area (Å²) in [5.41, 5.74) is 3.84. The number of pyridine rings is 1. The van der Waals surface area contributed by atoms with Crippen molar-refractivity contribution >= 4 is 49.9 Å². The van der Waals surface area contributed by atoms with E-state index in [0.717, 1.165) is 47.3 Å². The Labute approximate surface area is 173 Å². The first-order valence-electron chi connectivity index (χ1n) is 9.55. The molecule has 1 aliphatic rings. The molecule has 2 aromatic heterocycles. The highest BCUT2D eigenvalue weighted by Crippen LogP contribution is 2.39. The summed E-state index contributed by atoms with van der Waals surface area (Å²) in [6, 6.07) is 15.2. The largest absolute Gasteiger partial charge is 0.356 e. The molecule has 1 atom stereocenters. The highest BCUT2D eigenvalue weighted by Gasteiger charge is 2.24. The molecule has 0 radical (unpaired) electrons. The van der Waals surface area contributed by atoms with E-state index >= 15 is 0 Å². The summed E-state index contributed by atoms with van der Waals surface area (Å²) in [7, 11) is 0. The van der Waals surface area contributed by atoms with Gasteiger partial charge < -0.3 is 10.2 Å². The molecule has 0 aliphatic carbocycles. The number of benzene rings is 2. The third-order valence-electron chi connectivity index (χ3n) is 5.43. The summed E-state index contributed by atoms with van der Waals surface area (Å²) in [6.45, 7) is 7.28. The fraction of sp³-hybridized carbons (Fsp3) is 0.273. The molecule has 0 amide bonds. The smallest absolute Gasteiger partial charge is 0.175 e. The van der Waals surface area contributed by atoms with Gasteiger partial charge in [0.25, 0.3) is 0 Å². The quantitative estimate of drug-likeness (QED) is 0.490. The number of hydrogen-bond donors (Lipinski definition) is 1. The van der Waals surface area contributed by atoms with Crippen molar-refractivity contribution in [3.8, 4) is 11.3 Å². The maximum atomic E-state index is 6.78. The molecule has 142 valence electrons.